The van der Waals surface area contributed by atoms with Crippen molar-refractivity contribution in [3.63, 3.8) is 0 Å². The Hall–Kier alpha value is -1.10. The van der Waals surface area contributed by atoms with Gasteiger partial charge in [-0.05, 0) is 31.4 Å². The predicted molar refractivity (Wildman–Crippen MR) is 79.7 cm³/mol. The zero-order chi connectivity index (χ0) is 12.5. The van der Waals surface area contributed by atoms with Gasteiger partial charge in [0.1, 0.15) is 0 Å². The lowest BCUT2D eigenvalue weighted by Gasteiger charge is -2.23. The van der Waals surface area contributed by atoms with Crippen LogP contribution in [0.2, 0.25) is 0 Å². The largest absolute Gasteiger partial charge is 0.345 e. The molecule has 0 aliphatic carbocycles. The minimum atomic E-state index is -0.368. The van der Waals surface area contributed by atoms with Crippen LogP contribution in [0.15, 0.2) is 30.3 Å². The molecule has 1 aromatic heterocycles. The van der Waals surface area contributed by atoms with E-state index in [-0.39, 0.29) is 23.9 Å². The van der Waals surface area contributed by atoms with Crippen molar-refractivity contribution in [1.29, 1.82) is 0 Å². The molecule has 1 amide bonds. The Bertz CT molecular complexity index is 518. The highest BCUT2D eigenvalue weighted by Crippen LogP contribution is 2.25. The summed E-state index contributed by atoms with van der Waals surface area (Å²) in [6, 6.07) is 9.90. The lowest BCUT2D eigenvalue weighted by molar-refractivity contribution is 0.0920. The van der Waals surface area contributed by atoms with E-state index in [1.807, 2.05) is 44.2 Å². The van der Waals surface area contributed by atoms with Crippen molar-refractivity contribution in [2.75, 3.05) is 6.54 Å². The summed E-state index contributed by atoms with van der Waals surface area (Å²) in [7, 11) is 0. The molecule has 0 spiro atoms. The molecule has 0 aliphatic heterocycles. The highest BCUT2D eigenvalue weighted by atomic mass is 35.5. The summed E-state index contributed by atoms with van der Waals surface area (Å²) in [6.07, 6.45) is 0. The second-order valence-corrected chi connectivity index (χ2v) is 5.77. The highest BCUT2D eigenvalue weighted by molar-refractivity contribution is 7.20. The minimum absolute atomic E-state index is 0. The Morgan fingerprint density at radius 3 is 2.67 bits per heavy atom. The molecule has 0 atom stereocenters. The van der Waals surface area contributed by atoms with Gasteiger partial charge in [-0.15, -0.1) is 23.7 Å². The standard InChI is InChI=1S/C13H16N2OS.ClH/c1-13(2,8-14)15-12(16)11-7-9-5-3-4-6-10(9)17-11;/h3-7H,8,14H2,1-2H3,(H,15,16);1H. The number of fused-ring (bicyclic) bond motifs is 1. The number of benzene rings is 1. The number of amides is 1. The zero-order valence-electron chi connectivity index (χ0n) is 10.4. The van der Waals surface area contributed by atoms with Crippen molar-refractivity contribution in [1.82, 2.24) is 5.32 Å². The van der Waals surface area contributed by atoms with Gasteiger partial charge < -0.3 is 11.1 Å². The van der Waals surface area contributed by atoms with Crippen molar-refractivity contribution in [2.24, 2.45) is 5.73 Å². The summed E-state index contributed by atoms with van der Waals surface area (Å²) in [5.74, 6) is -0.0540. The van der Waals surface area contributed by atoms with E-state index >= 15 is 0 Å². The first kappa shape index (κ1) is 15.0. The quantitative estimate of drug-likeness (QED) is 0.911. The van der Waals surface area contributed by atoms with Crippen LogP contribution in [-0.4, -0.2) is 18.0 Å². The maximum absolute atomic E-state index is 12.0. The number of hydrogen-bond acceptors (Lipinski definition) is 3. The van der Waals surface area contributed by atoms with Gasteiger partial charge in [-0.1, -0.05) is 18.2 Å². The van der Waals surface area contributed by atoms with E-state index in [2.05, 4.69) is 5.32 Å². The van der Waals surface area contributed by atoms with Crippen LogP contribution in [0.1, 0.15) is 23.5 Å². The molecule has 0 bridgehead atoms. The SMILES string of the molecule is CC(C)(CN)NC(=O)c1cc2ccccc2s1.Cl. The number of carbonyl (C=O) groups is 1. The zero-order valence-corrected chi connectivity index (χ0v) is 12.0. The Kier molecular flexibility index (Phi) is 4.73. The number of thiophene rings is 1. The maximum atomic E-state index is 12.0. The molecular formula is C13H17ClN2OS. The van der Waals surface area contributed by atoms with E-state index < -0.39 is 0 Å². The number of nitrogens with two attached hydrogens (primary N) is 1. The van der Waals surface area contributed by atoms with E-state index in [0.29, 0.717) is 6.54 Å². The van der Waals surface area contributed by atoms with Crippen molar-refractivity contribution >= 4 is 39.7 Å². The van der Waals surface area contributed by atoms with Gasteiger partial charge in [0.15, 0.2) is 0 Å². The van der Waals surface area contributed by atoms with Crippen LogP contribution in [0.25, 0.3) is 10.1 Å². The van der Waals surface area contributed by atoms with E-state index in [1.165, 1.54) is 11.3 Å². The Labute approximate surface area is 117 Å². The van der Waals surface area contributed by atoms with E-state index in [9.17, 15) is 4.79 Å². The van der Waals surface area contributed by atoms with Crippen LogP contribution in [0.3, 0.4) is 0 Å². The monoisotopic (exact) mass is 284 g/mol. The third kappa shape index (κ3) is 3.22. The molecule has 1 heterocycles. The molecule has 18 heavy (non-hydrogen) atoms. The summed E-state index contributed by atoms with van der Waals surface area (Å²) >= 11 is 1.50. The molecule has 1 aromatic carbocycles. The smallest absolute Gasteiger partial charge is 0.261 e. The van der Waals surface area contributed by atoms with Crippen molar-refractivity contribution in [3.8, 4) is 0 Å². The molecule has 0 aliphatic rings. The number of nitrogens with one attached hydrogen (secondary N) is 1. The molecule has 2 rings (SSSR count). The van der Waals surface area contributed by atoms with Gasteiger partial charge in [-0.3, -0.25) is 4.79 Å². The fourth-order valence-electron chi connectivity index (χ4n) is 1.51. The van der Waals surface area contributed by atoms with Gasteiger partial charge in [-0.2, -0.15) is 0 Å². The summed E-state index contributed by atoms with van der Waals surface area (Å²) in [6.45, 7) is 4.25. The molecule has 0 saturated carbocycles. The van der Waals surface area contributed by atoms with Gasteiger partial charge in [0.2, 0.25) is 0 Å². The Balaban J connectivity index is 0.00000162. The van der Waals surface area contributed by atoms with Gasteiger partial charge >= 0.3 is 0 Å². The predicted octanol–water partition coefficient (Wildman–Crippen LogP) is 2.79. The number of carbonyl (C=O) groups excluding carboxylic acids is 1. The summed E-state index contributed by atoms with van der Waals surface area (Å²) in [4.78, 5) is 12.8. The molecule has 98 valence electrons. The van der Waals surface area contributed by atoms with Crippen LogP contribution in [0.4, 0.5) is 0 Å². The molecule has 0 saturated heterocycles. The number of halogens is 1. The van der Waals surface area contributed by atoms with E-state index in [0.717, 1.165) is 15.0 Å². The van der Waals surface area contributed by atoms with Crippen LogP contribution < -0.4 is 11.1 Å². The first-order chi connectivity index (χ1) is 8.02. The second-order valence-electron chi connectivity index (χ2n) is 4.69. The average molecular weight is 285 g/mol. The highest BCUT2D eigenvalue weighted by Gasteiger charge is 2.20. The van der Waals surface area contributed by atoms with Crippen LogP contribution >= 0.6 is 23.7 Å². The summed E-state index contributed by atoms with van der Waals surface area (Å²) < 4.78 is 1.13. The topological polar surface area (TPSA) is 55.1 Å². The van der Waals surface area contributed by atoms with E-state index in [4.69, 9.17) is 5.73 Å². The van der Waals surface area contributed by atoms with E-state index in [1.54, 1.807) is 0 Å². The lowest BCUT2D eigenvalue weighted by atomic mass is 10.1. The summed E-state index contributed by atoms with van der Waals surface area (Å²) in [5.41, 5.74) is 5.23. The molecule has 2 aromatic rings. The molecular weight excluding hydrogens is 268 g/mol. The second kappa shape index (κ2) is 5.69. The first-order valence-corrected chi connectivity index (χ1v) is 6.35. The maximum Gasteiger partial charge on any atom is 0.261 e. The van der Waals surface area contributed by atoms with Crippen molar-refractivity contribution in [3.05, 3.63) is 35.2 Å². The third-order valence-electron chi connectivity index (χ3n) is 2.61. The van der Waals surface area contributed by atoms with Gasteiger partial charge in [-0.25, -0.2) is 0 Å². The number of hydrogen-bond donors (Lipinski definition) is 2. The molecule has 0 radical (unpaired) electrons. The van der Waals surface area contributed by atoms with Crippen molar-refractivity contribution < 1.29 is 4.79 Å². The fraction of sp³-hybridized carbons (Fsp3) is 0.308. The molecule has 0 fully saturated rings. The van der Waals surface area contributed by atoms with Crippen LogP contribution in [0.5, 0.6) is 0 Å². The van der Waals surface area contributed by atoms with Crippen LogP contribution in [0, 0.1) is 0 Å². The first-order valence-electron chi connectivity index (χ1n) is 5.53. The summed E-state index contributed by atoms with van der Waals surface area (Å²) in [5, 5.41) is 4.03. The Morgan fingerprint density at radius 2 is 2.06 bits per heavy atom. The van der Waals surface area contributed by atoms with Crippen LogP contribution in [-0.2, 0) is 0 Å². The minimum Gasteiger partial charge on any atom is -0.345 e. The fourth-order valence-corrected chi connectivity index (χ4v) is 2.47. The molecule has 5 heteroatoms. The molecule has 3 nitrogen and oxygen atoms in total. The third-order valence-corrected chi connectivity index (χ3v) is 3.73. The van der Waals surface area contributed by atoms with Gasteiger partial charge in [0, 0.05) is 16.8 Å². The van der Waals surface area contributed by atoms with Gasteiger partial charge in [0.25, 0.3) is 5.91 Å². The molecule has 0 unspecified atom stereocenters. The molecule has 3 N–H and O–H groups in total. The normalized spacial score (nSPS) is 11.1. The average Bonchev–Trinajstić information content (AvgIpc) is 2.72. The Morgan fingerprint density at radius 1 is 1.39 bits per heavy atom. The lowest BCUT2D eigenvalue weighted by Crippen LogP contribution is -2.48. The number of rotatable bonds is 3. The van der Waals surface area contributed by atoms with Gasteiger partial charge in [0.05, 0.1) is 4.88 Å². The van der Waals surface area contributed by atoms with Crippen molar-refractivity contribution in [2.45, 2.75) is 19.4 Å².